The van der Waals surface area contributed by atoms with Gasteiger partial charge >= 0.3 is 0 Å². The number of hydrogen-bond donors (Lipinski definition) is 1. The molecule has 0 radical (unpaired) electrons. The lowest BCUT2D eigenvalue weighted by molar-refractivity contribution is -0.114. The summed E-state index contributed by atoms with van der Waals surface area (Å²) in [5, 5.41) is 5.26. The molecular formula is C19H17BrClN3O. The first-order valence-corrected chi connectivity index (χ1v) is 8.93. The van der Waals surface area contributed by atoms with E-state index < -0.39 is 0 Å². The zero-order valence-corrected chi connectivity index (χ0v) is 16.2. The van der Waals surface area contributed by atoms with Crippen molar-refractivity contribution >= 4 is 55.7 Å². The molecule has 0 atom stereocenters. The highest BCUT2D eigenvalue weighted by Crippen LogP contribution is 2.26. The van der Waals surface area contributed by atoms with E-state index in [0.29, 0.717) is 11.0 Å². The number of aromatic nitrogens is 1. The highest BCUT2D eigenvalue weighted by molar-refractivity contribution is 9.10. The molecule has 0 aliphatic heterocycles. The molecule has 0 aliphatic carbocycles. The number of amides is 1. The molecule has 2 aromatic carbocycles. The van der Waals surface area contributed by atoms with Gasteiger partial charge in [-0.1, -0.05) is 51.8 Å². The Balaban J connectivity index is 1.75. The molecule has 1 heterocycles. The summed E-state index contributed by atoms with van der Waals surface area (Å²) in [4.78, 5) is 18.5. The monoisotopic (exact) mass is 417 g/mol. The summed E-state index contributed by atoms with van der Waals surface area (Å²) in [6.45, 7) is 2.13. The van der Waals surface area contributed by atoms with E-state index in [0.717, 1.165) is 26.5 Å². The molecule has 3 rings (SSSR count). The minimum atomic E-state index is -0.112. The maximum Gasteiger partial charge on any atom is 0.243 e. The molecule has 128 valence electrons. The summed E-state index contributed by atoms with van der Waals surface area (Å²) in [6, 6.07) is 15.4. The maximum absolute atomic E-state index is 12.4. The van der Waals surface area contributed by atoms with Gasteiger partial charge < -0.3 is 10.2 Å². The fourth-order valence-electron chi connectivity index (χ4n) is 2.59. The molecule has 1 aromatic heterocycles. The van der Waals surface area contributed by atoms with Crippen molar-refractivity contribution in [1.29, 1.82) is 0 Å². The van der Waals surface area contributed by atoms with Gasteiger partial charge in [0.15, 0.2) is 0 Å². The van der Waals surface area contributed by atoms with Gasteiger partial charge in [-0.15, -0.1) is 0 Å². The number of nitrogens with zero attached hydrogens (tertiary/aromatic N) is 2. The van der Waals surface area contributed by atoms with Crippen molar-refractivity contribution in [2.75, 3.05) is 23.8 Å². The molecule has 0 fully saturated rings. The van der Waals surface area contributed by atoms with Gasteiger partial charge in [0.2, 0.25) is 5.91 Å². The van der Waals surface area contributed by atoms with Crippen LogP contribution in [0.5, 0.6) is 0 Å². The first-order valence-electron chi connectivity index (χ1n) is 7.76. The third-order valence-electron chi connectivity index (χ3n) is 3.91. The molecule has 0 bridgehead atoms. The van der Waals surface area contributed by atoms with Crippen molar-refractivity contribution in [3.05, 3.63) is 63.7 Å². The van der Waals surface area contributed by atoms with Crippen molar-refractivity contribution in [2.24, 2.45) is 0 Å². The number of hydrogen-bond acceptors (Lipinski definition) is 3. The van der Waals surface area contributed by atoms with Crippen molar-refractivity contribution in [1.82, 2.24) is 4.98 Å². The van der Waals surface area contributed by atoms with Crippen molar-refractivity contribution in [3.8, 4) is 0 Å². The molecule has 1 amide bonds. The number of carbonyl (C=O) groups excluding carboxylic acids is 1. The number of fused-ring (bicyclic) bond motifs is 1. The Labute approximate surface area is 159 Å². The van der Waals surface area contributed by atoms with Crippen LogP contribution in [-0.4, -0.2) is 24.5 Å². The number of nitrogens with one attached hydrogen (secondary N) is 1. The smallest absolute Gasteiger partial charge is 0.243 e. The average molecular weight is 419 g/mol. The largest absolute Gasteiger partial charge is 0.350 e. The minimum Gasteiger partial charge on any atom is -0.350 e. The Kier molecular flexibility index (Phi) is 5.25. The van der Waals surface area contributed by atoms with Crippen LogP contribution in [0.15, 0.2) is 53.0 Å². The first-order chi connectivity index (χ1) is 11.9. The van der Waals surface area contributed by atoms with Gasteiger partial charge in [-0.05, 0) is 42.1 Å². The Hall–Kier alpha value is -2.11. The van der Waals surface area contributed by atoms with Gasteiger partial charge in [-0.2, -0.15) is 0 Å². The van der Waals surface area contributed by atoms with Gasteiger partial charge in [0.05, 0.1) is 6.54 Å². The quantitative estimate of drug-likeness (QED) is 0.604. The number of likely N-dealkylation sites (N-methyl/N-ethyl adjacent to an activating group) is 1. The van der Waals surface area contributed by atoms with Gasteiger partial charge in [-0.25, -0.2) is 4.98 Å². The van der Waals surface area contributed by atoms with E-state index in [1.807, 2.05) is 62.5 Å². The average Bonchev–Trinajstić information content (AvgIpc) is 2.57. The van der Waals surface area contributed by atoms with Crippen LogP contribution >= 0.6 is 27.5 Å². The standard InChI is InChI=1S/C19H17BrClN3O/c1-12-9-14(20)7-8-16(12)22-18(25)11-24(2)17-10-13-5-3-4-6-15(13)19(21)23-17/h3-10H,11H2,1-2H3,(H,22,25). The van der Waals surface area contributed by atoms with Crippen molar-refractivity contribution in [2.45, 2.75) is 6.92 Å². The van der Waals surface area contributed by atoms with Crippen LogP contribution in [0.1, 0.15) is 5.56 Å². The van der Waals surface area contributed by atoms with E-state index in [9.17, 15) is 4.79 Å². The molecule has 25 heavy (non-hydrogen) atoms. The summed E-state index contributed by atoms with van der Waals surface area (Å²) in [5.41, 5.74) is 1.79. The van der Waals surface area contributed by atoms with Crippen LogP contribution in [-0.2, 0) is 4.79 Å². The van der Waals surface area contributed by atoms with Gasteiger partial charge in [-0.3, -0.25) is 4.79 Å². The molecule has 0 spiro atoms. The Morgan fingerprint density at radius 1 is 1.24 bits per heavy atom. The Morgan fingerprint density at radius 3 is 2.76 bits per heavy atom. The second-order valence-corrected chi connectivity index (χ2v) is 7.13. The Bertz CT molecular complexity index is 945. The van der Waals surface area contributed by atoms with E-state index >= 15 is 0 Å². The van der Waals surface area contributed by atoms with Crippen LogP contribution in [0.25, 0.3) is 10.8 Å². The van der Waals surface area contributed by atoms with Crippen molar-refractivity contribution in [3.63, 3.8) is 0 Å². The normalized spacial score (nSPS) is 10.7. The molecule has 0 aliphatic rings. The molecule has 3 aromatic rings. The predicted octanol–water partition coefficient (Wildman–Crippen LogP) is 5.03. The maximum atomic E-state index is 12.4. The van der Waals surface area contributed by atoms with E-state index in [-0.39, 0.29) is 12.5 Å². The summed E-state index contributed by atoms with van der Waals surface area (Å²) >= 11 is 9.68. The zero-order chi connectivity index (χ0) is 18.0. The van der Waals surface area contributed by atoms with Crippen molar-refractivity contribution < 1.29 is 4.79 Å². The lowest BCUT2D eigenvalue weighted by Gasteiger charge is -2.19. The van der Waals surface area contributed by atoms with Gasteiger partial charge in [0, 0.05) is 22.6 Å². The second-order valence-electron chi connectivity index (χ2n) is 5.86. The number of carbonyl (C=O) groups is 1. The topological polar surface area (TPSA) is 45.2 Å². The number of pyridine rings is 1. The summed E-state index contributed by atoms with van der Waals surface area (Å²) < 4.78 is 0.982. The van der Waals surface area contributed by atoms with Crippen LogP contribution < -0.4 is 10.2 Å². The molecule has 0 saturated heterocycles. The third-order valence-corrected chi connectivity index (χ3v) is 4.70. The highest BCUT2D eigenvalue weighted by atomic mass is 79.9. The summed E-state index contributed by atoms with van der Waals surface area (Å²) in [7, 11) is 1.82. The fourth-order valence-corrected chi connectivity index (χ4v) is 3.33. The first kappa shape index (κ1) is 17.7. The number of benzene rings is 2. The second kappa shape index (κ2) is 7.42. The van der Waals surface area contributed by atoms with Crippen LogP contribution in [0.3, 0.4) is 0 Å². The van der Waals surface area contributed by atoms with E-state index in [2.05, 4.69) is 26.2 Å². The lowest BCUT2D eigenvalue weighted by atomic mass is 10.2. The SMILES string of the molecule is Cc1cc(Br)ccc1NC(=O)CN(C)c1cc2ccccc2c(Cl)n1. The number of aryl methyl sites for hydroxylation is 1. The number of anilines is 2. The van der Waals surface area contributed by atoms with E-state index in [4.69, 9.17) is 11.6 Å². The van der Waals surface area contributed by atoms with Gasteiger partial charge in [0.1, 0.15) is 11.0 Å². The molecular weight excluding hydrogens is 402 g/mol. The third kappa shape index (κ3) is 4.11. The number of rotatable bonds is 4. The molecule has 0 saturated carbocycles. The van der Waals surface area contributed by atoms with E-state index in [1.54, 1.807) is 4.90 Å². The van der Waals surface area contributed by atoms with Crippen LogP contribution in [0, 0.1) is 6.92 Å². The zero-order valence-electron chi connectivity index (χ0n) is 13.9. The fraction of sp³-hybridized carbons (Fsp3) is 0.158. The predicted molar refractivity (Wildman–Crippen MR) is 108 cm³/mol. The molecule has 6 heteroatoms. The van der Waals surface area contributed by atoms with Crippen LogP contribution in [0.2, 0.25) is 5.15 Å². The molecule has 0 unspecified atom stereocenters. The molecule has 1 N–H and O–H groups in total. The van der Waals surface area contributed by atoms with E-state index in [1.165, 1.54) is 0 Å². The lowest BCUT2D eigenvalue weighted by Crippen LogP contribution is -2.30. The van der Waals surface area contributed by atoms with Crippen LogP contribution in [0.4, 0.5) is 11.5 Å². The van der Waals surface area contributed by atoms with Gasteiger partial charge in [0.25, 0.3) is 0 Å². The summed E-state index contributed by atoms with van der Waals surface area (Å²) in [6.07, 6.45) is 0. The Morgan fingerprint density at radius 2 is 2.00 bits per heavy atom. The molecule has 4 nitrogen and oxygen atoms in total. The summed E-state index contributed by atoms with van der Waals surface area (Å²) in [5.74, 6) is 0.547. The highest BCUT2D eigenvalue weighted by Gasteiger charge is 2.12. The minimum absolute atomic E-state index is 0.112. The number of halogens is 2.